The van der Waals surface area contributed by atoms with E-state index in [2.05, 4.69) is 20.6 Å². The van der Waals surface area contributed by atoms with E-state index in [0.717, 1.165) is 17.2 Å². The van der Waals surface area contributed by atoms with Crippen LogP contribution in [0, 0.1) is 0 Å². The van der Waals surface area contributed by atoms with Crippen LogP contribution in [-0.2, 0) is 4.74 Å². The van der Waals surface area contributed by atoms with Crippen molar-refractivity contribution in [2.24, 2.45) is 0 Å². The van der Waals surface area contributed by atoms with Gasteiger partial charge in [-0.1, -0.05) is 30.3 Å². The molecule has 0 bridgehead atoms. The van der Waals surface area contributed by atoms with Crippen LogP contribution in [0.1, 0.15) is 0 Å². The molecule has 112 valence electrons. The van der Waals surface area contributed by atoms with Crippen LogP contribution in [0.3, 0.4) is 0 Å². The molecule has 0 aliphatic rings. The maximum atomic E-state index is 8.64. The lowest BCUT2D eigenvalue weighted by Crippen LogP contribution is -2.13. The van der Waals surface area contributed by atoms with Gasteiger partial charge in [-0.05, 0) is 0 Å². The molecule has 0 aliphatic heterocycles. The number of nitrogens with one attached hydrogen (secondary N) is 2. The number of aliphatic hydroxyl groups is 1. The second kappa shape index (κ2) is 8.18. The van der Waals surface area contributed by atoms with Gasteiger partial charge in [0.05, 0.1) is 19.8 Å². The molecule has 3 N–H and O–H groups in total. The summed E-state index contributed by atoms with van der Waals surface area (Å²) in [5.41, 5.74) is 0.967. The minimum absolute atomic E-state index is 0.0373. The maximum absolute atomic E-state index is 8.64. The van der Waals surface area contributed by atoms with E-state index in [4.69, 9.17) is 9.84 Å². The van der Waals surface area contributed by atoms with Gasteiger partial charge in [-0.2, -0.15) is 0 Å². The molecule has 6 heteroatoms. The van der Waals surface area contributed by atoms with E-state index in [1.807, 2.05) is 43.4 Å². The van der Waals surface area contributed by atoms with Gasteiger partial charge in [0, 0.05) is 25.2 Å². The minimum atomic E-state index is 0.0373. The normalized spacial score (nSPS) is 10.4. The number of rotatable bonds is 8. The first-order valence-electron chi connectivity index (χ1n) is 6.88. The third-order valence-electron chi connectivity index (χ3n) is 2.80. The van der Waals surface area contributed by atoms with E-state index in [9.17, 15) is 0 Å². The topological polar surface area (TPSA) is 79.3 Å². The van der Waals surface area contributed by atoms with E-state index >= 15 is 0 Å². The molecule has 1 heterocycles. The van der Waals surface area contributed by atoms with Gasteiger partial charge in [-0.3, -0.25) is 0 Å². The fourth-order valence-electron chi connectivity index (χ4n) is 1.80. The molecule has 0 saturated carbocycles. The van der Waals surface area contributed by atoms with Crippen molar-refractivity contribution in [3.63, 3.8) is 0 Å². The summed E-state index contributed by atoms with van der Waals surface area (Å²) in [5, 5.41) is 14.9. The smallest absolute Gasteiger partial charge is 0.163 e. The van der Waals surface area contributed by atoms with Crippen LogP contribution < -0.4 is 10.6 Å². The Hall–Kier alpha value is -2.18. The van der Waals surface area contributed by atoms with Gasteiger partial charge >= 0.3 is 0 Å². The number of hydrogen-bond acceptors (Lipinski definition) is 6. The second-order valence-electron chi connectivity index (χ2n) is 4.34. The number of ether oxygens (including phenoxy) is 1. The van der Waals surface area contributed by atoms with Gasteiger partial charge in [0.15, 0.2) is 5.82 Å². The first-order chi connectivity index (χ1) is 10.3. The largest absolute Gasteiger partial charge is 0.394 e. The number of nitrogens with zero attached hydrogens (tertiary/aromatic N) is 2. The van der Waals surface area contributed by atoms with Crippen molar-refractivity contribution in [2.75, 3.05) is 44.0 Å². The zero-order valence-corrected chi connectivity index (χ0v) is 12.0. The highest BCUT2D eigenvalue weighted by molar-refractivity contribution is 5.61. The standard InChI is InChI=1S/C15H20N4O2/c1-16-13-11-14(17-7-9-21-10-8-20)19-15(18-13)12-5-3-2-4-6-12/h2-6,11,20H,7-10H2,1H3,(H2,16,17,18,19). The third kappa shape index (κ3) is 4.70. The Morgan fingerprint density at radius 2 is 1.86 bits per heavy atom. The van der Waals surface area contributed by atoms with Gasteiger partial charge in [0.25, 0.3) is 0 Å². The summed E-state index contributed by atoms with van der Waals surface area (Å²) < 4.78 is 5.20. The molecule has 6 nitrogen and oxygen atoms in total. The number of hydrogen-bond donors (Lipinski definition) is 3. The molecule has 1 aromatic carbocycles. The first kappa shape index (κ1) is 15.2. The lowest BCUT2D eigenvalue weighted by molar-refractivity contribution is 0.0992. The first-order valence-corrected chi connectivity index (χ1v) is 6.88. The molecule has 21 heavy (non-hydrogen) atoms. The summed E-state index contributed by atoms with van der Waals surface area (Å²) in [5.74, 6) is 2.16. The molecule has 0 amide bonds. The Labute approximate surface area is 124 Å². The molecular weight excluding hydrogens is 268 g/mol. The number of aromatic nitrogens is 2. The van der Waals surface area contributed by atoms with Crippen molar-refractivity contribution in [1.82, 2.24) is 9.97 Å². The molecule has 0 saturated heterocycles. The molecule has 0 radical (unpaired) electrons. The lowest BCUT2D eigenvalue weighted by atomic mass is 10.2. The average Bonchev–Trinajstić information content (AvgIpc) is 2.55. The monoisotopic (exact) mass is 288 g/mol. The van der Waals surface area contributed by atoms with Crippen LogP contribution in [-0.4, -0.2) is 48.5 Å². The van der Waals surface area contributed by atoms with E-state index < -0.39 is 0 Å². The third-order valence-corrected chi connectivity index (χ3v) is 2.80. The second-order valence-corrected chi connectivity index (χ2v) is 4.34. The van der Waals surface area contributed by atoms with Crippen molar-refractivity contribution in [3.05, 3.63) is 36.4 Å². The summed E-state index contributed by atoms with van der Waals surface area (Å²) in [4.78, 5) is 8.96. The molecule has 0 fully saturated rings. The van der Waals surface area contributed by atoms with Crippen LogP contribution in [0.4, 0.5) is 11.6 Å². The SMILES string of the molecule is CNc1cc(NCCOCCO)nc(-c2ccccc2)n1. The molecule has 2 aromatic rings. The quantitative estimate of drug-likeness (QED) is 0.640. The average molecular weight is 288 g/mol. The highest BCUT2D eigenvalue weighted by atomic mass is 16.5. The number of benzene rings is 1. The van der Waals surface area contributed by atoms with E-state index in [1.54, 1.807) is 0 Å². The predicted octanol–water partition coefficient (Wildman–Crippen LogP) is 1.61. The fraction of sp³-hybridized carbons (Fsp3) is 0.333. The Bertz CT molecular complexity index is 549. The Kier molecular flexibility index (Phi) is 5.93. The lowest BCUT2D eigenvalue weighted by Gasteiger charge is -2.10. The van der Waals surface area contributed by atoms with Gasteiger partial charge in [0.2, 0.25) is 0 Å². The maximum Gasteiger partial charge on any atom is 0.163 e. The molecule has 1 aromatic heterocycles. The number of anilines is 2. The van der Waals surface area contributed by atoms with Crippen LogP contribution >= 0.6 is 0 Å². The molecular formula is C15H20N4O2. The van der Waals surface area contributed by atoms with Crippen LogP contribution in [0.2, 0.25) is 0 Å². The van der Waals surface area contributed by atoms with Gasteiger partial charge in [-0.15, -0.1) is 0 Å². The molecule has 0 unspecified atom stereocenters. The minimum Gasteiger partial charge on any atom is -0.394 e. The fourth-order valence-corrected chi connectivity index (χ4v) is 1.80. The summed E-state index contributed by atoms with van der Waals surface area (Å²) in [6.07, 6.45) is 0. The molecule has 0 aliphatic carbocycles. The van der Waals surface area contributed by atoms with Gasteiger partial charge in [0.1, 0.15) is 11.6 Å². The van der Waals surface area contributed by atoms with E-state index in [1.165, 1.54) is 0 Å². The van der Waals surface area contributed by atoms with Crippen molar-refractivity contribution in [1.29, 1.82) is 0 Å². The zero-order chi connectivity index (χ0) is 14.9. The molecule has 0 spiro atoms. The van der Waals surface area contributed by atoms with E-state index in [-0.39, 0.29) is 6.61 Å². The van der Waals surface area contributed by atoms with Crippen molar-refractivity contribution in [2.45, 2.75) is 0 Å². The highest BCUT2D eigenvalue weighted by Gasteiger charge is 2.05. The Morgan fingerprint density at radius 3 is 2.57 bits per heavy atom. The van der Waals surface area contributed by atoms with Crippen LogP contribution in [0.15, 0.2) is 36.4 Å². The van der Waals surface area contributed by atoms with Crippen molar-refractivity contribution in [3.8, 4) is 11.4 Å². The summed E-state index contributed by atoms with van der Waals surface area (Å²) in [6.45, 7) is 1.52. The van der Waals surface area contributed by atoms with Crippen molar-refractivity contribution >= 4 is 11.6 Å². The predicted molar refractivity (Wildman–Crippen MR) is 83.4 cm³/mol. The number of aliphatic hydroxyl groups excluding tert-OH is 1. The zero-order valence-electron chi connectivity index (χ0n) is 12.0. The van der Waals surface area contributed by atoms with Crippen molar-refractivity contribution < 1.29 is 9.84 Å². The van der Waals surface area contributed by atoms with Crippen LogP contribution in [0.5, 0.6) is 0 Å². The highest BCUT2D eigenvalue weighted by Crippen LogP contribution is 2.19. The summed E-state index contributed by atoms with van der Waals surface area (Å²) >= 11 is 0. The molecule has 2 rings (SSSR count). The Morgan fingerprint density at radius 1 is 1.10 bits per heavy atom. The Balaban J connectivity index is 2.07. The van der Waals surface area contributed by atoms with Crippen LogP contribution in [0.25, 0.3) is 11.4 Å². The van der Waals surface area contributed by atoms with Gasteiger partial charge < -0.3 is 20.5 Å². The molecule has 0 atom stereocenters. The van der Waals surface area contributed by atoms with E-state index in [0.29, 0.717) is 25.6 Å². The van der Waals surface area contributed by atoms with Gasteiger partial charge in [-0.25, -0.2) is 9.97 Å². The summed E-state index contributed by atoms with van der Waals surface area (Å²) in [6, 6.07) is 11.7. The summed E-state index contributed by atoms with van der Waals surface area (Å²) in [7, 11) is 1.82.